The molecule has 0 unspecified atom stereocenters. The lowest BCUT2D eigenvalue weighted by Crippen LogP contribution is -2.29. The van der Waals surface area contributed by atoms with Crippen LogP contribution < -0.4 is 0 Å². The van der Waals surface area contributed by atoms with Crippen LogP contribution in [0.15, 0.2) is 57.8 Å². The number of aromatic nitrogens is 2. The van der Waals surface area contributed by atoms with Gasteiger partial charge in [0.15, 0.2) is 0 Å². The summed E-state index contributed by atoms with van der Waals surface area (Å²) in [5.74, 6) is 0. The van der Waals surface area contributed by atoms with Crippen LogP contribution in [-0.2, 0) is 30.2 Å². The number of aryl methyl sites for hydroxylation is 1. The first-order valence-corrected chi connectivity index (χ1v) is 8.90. The molecule has 0 aliphatic rings. The Morgan fingerprint density at radius 2 is 2.23 bits per heavy atom. The van der Waals surface area contributed by atoms with E-state index in [1.54, 1.807) is 19.4 Å². The van der Waals surface area contributed by atoms with Gasteiger partial charge in [0, 0.05) is 36.8 Å². The third-order valence-electron chi connectivity index (χ3n) is 3.17. The van der Waals surface area contributed by atoms with Crippen molar-refractivity contribution in [2.45, 2.75) is 18.0 Å². The minimum absolute atomic E-state index is 0.190. The Morgan fingerprint density at radius 3 is 2.82 bits per heavy atom. The number of furan rings is 1. The summed E-state index contributed by atoms with van der Waals surface area (Å²) in [6.45, 7) is 0.575. The van der Waals surface area contributed by atoms with Gasteiger partial charge in [0.1, 0.15) is 4.90 Å². The van der Waals surface area contributed by atoms with Gasteiger partial charge in [-0.15, -0.1) is 11.3 Å². The normalized spacial score (nSPS) is 12.1. The molecule has 0 N–H and O–H groups in total. The van der Waals surface area contributed by atoms with Crippen molar-refractivity contribution in [2.75, 3.05) is 0 Å². The number of rotatable bonds is 6. The maximum Gasteiger partial charge on any atom is 0.246 e. The second-order valence-electron chi connectivity index (χ2n) is 4.83. The SMILES string of the molecule is Cn1cc(S(=O)(=O)N(Cc2ccoc2)Cc2cccs2)cn1. The van der Waals surface area contributed by atoms with E-state index in [9.17, 15) is 8.42 Å². The maximum atomic E-state index is 12.8. The van der Waals surface area contributed by atoms with Crippen LogP contribution >= 0.6 is 11.3 Å². The number of hydrogen-bond donors (Lipinski definition) is 0. The molecule has 0 aliphatic carbocycles. The number of hydrogen-bond acceptors (Lipinski definition) is 5. The van der Waals surface area contributed by atoms with Gasteiger partial charge in [0.05, 0.1) is 18.7 Å². The molecule has 8 heteroatoms. The van der Waals surface area contributed by atoms with Gasteiger partial charge in [-0.2, -0.15) is 9.40 Å². The Labute approximate surface area is 132 Å². The molecule has 3 rings (SSSR count). The highest BCUT2D eigenvalue weighted by Crippen LogP contribution is 2.22. The second kappa shape index (κ2) is 6.07. The third kappa shape index (κ3) is 3.13. The number of sulfonamides is 1. The Kier molecular flexibility index (Phi) is 4.14. The summed E-state index contributed by atoms with van der Waals surface area (Å²) in [6, 6.07) is 5.60. The lowest BCUT2D eigenvalue weighted by atomic mass is 10.3. The summed E-state index contributed by atoms with van der Waals surface area (Å²) >= 11 is 1.53. The Morgan fingerprint density at radius 1 is 1.36 bits per heavy atom. The van der Waals surface area contributed by atoms with Gasteiger partial charge in [0.25, 0.3) is 0 Å². The highest BCUT2D eigenvalue weighted by atomic mass is 32.2. The fourth-order valence-corrected chi connectivity index (χ4v) is 4.26. The molecular formula is C14H15N3O3S2. The Bertz CT molecular complexity index is 784. The van der Waals surface area contributed by atoms with E-state index in [4.69, 9.17) is 4.42 Å². The van der Waals surface area contributed by atoms with Crippen molar-refractivity contribution in [2.24, 2.45) is 7.05 Å². The van der Waals surface area contributed by atoms with Crippen LogP contribution in [0.3, 0.4) is 0 Å². The van der Waals surface area contributed by atoms with E-state index in [1.807, 2.05) is 17.5 Å². The van der Waals surface area contributed by atoms with Crippen molar-refractivity contribution in [3.8, 4) is 0 Å². The molecule has 0 amide bonds. The van der Waals surface area contributed by atoms with E-state index < -0.39 is 10.0 Å². The van der Waals surface area contributed by atoms with E-state index in [0.717, 1.165) is 10.4 Å². The second-order valence-corrected chi connectivity index (χ2v) is 7.80. The molecule has 6 nitrogen and oxygen atoms in total. The fraction of sp³-hybridized carbons (Fsp3) is 0.214. The van der Waals surface area contributed by atoms with Crippen LogP contribution in [0.5, 0.6) is 0 Å². The van der Waals surface area contributed by atoms with Crippen molar-refractivity contribution in [1.29, 1.82) is 0 Å². The zero-order chi connectivity index (χ0) is 15.6. The zero-order valence-electron chi connectivity index (χ0n) is 11.9. The number of thiophene rings is 1. The summed E-state index contributed by atoms with van der Waals surface area (Å²) in [7, 11) is -1.92. The van der Waals surface area contributed by atoms with E-state index in [0.29, 0.717) is 6.54 Å². The van der Waals surface area contributed by atoms with Gasteiger partial charge in [-0.1, -0.05) is 6.07 Å². The Balaban J connectivity index is 1.93. The molecule has 0 fully saturated rings. The predicted molar refractivity (Wildman–Crippen MR) is 82.7 cm³/mol. The summed E-state index contributed by atoms with van der Waals surface area (Å²) in [5, 5.41) is 5.89. The standard InChI is InChI=1S/C14H15N3O3S2/c1-16-10-14(7-15-16)22(18,19)17(8-12-4-5-20-11-12)9-13-3-2-6-21-13/h2-7,10-11H,8-9H2,1H3. The molecule has 0 spiro atoms. The van der Waals surface area contributed by atoms with Crippen molar-refractivity contribution >= 4 is 21.4 Å². The molecule has 3 aromatic rings. The molecule has 0 aromatic carbocycles. The van der Waals surface area contributed by atoms with Crippen molar-refractivity contribution in [3.05, 3.63) is 58.9 Å². The molecule has 0 bridgehead atoms. The van der Waals surface area contributed by atoms with Gasteiger partial charge in [-0.05, 0) is 17.5 Å². The van der Waals surface area contributed by atoms with Crippen LogP contribution in [0.2, 0.25) is 0 Å². The molecule has 0 radical (unpaired) electrons. The average molecular weight is 337 g/mol. The molecule has 3 heterocycles. The summed E-state index contributed by atoms with van der Waals surface area (Å²) in [4.78, 5) is 1.17. The summed E-state index contributed by atoms with van der Waals surface area (Å²) < 4.78 is 33.6. The van der Waals surface area contributed by atoms with Gasteiger partial charge < -0.3 is 4.42 Å². The molecule has 3 aromatic heterocycles. The molecular weight excluding hydrogens is 322 g/mol. The van der Waals surface area contributed by atoms with Crippen molar-refractivity contribution < 1.29 is 12.8 Å². The number of nitrogens with zero attached hydrogens (tertiary/aromatic N) is 3. The monoisotopic (exact) mass is 337 g/mol. The molecule has 0 aliphatic heterocycles. The third-order valence-corrected chi connectivity index (χ3v) is 5.78. The first-order valence-electron chi connectivity index (χ1n) is 6.58. The van der Waals surface area contributed by atoms with E-state index in [-0.39, 0.29) is 11.4 Å². The highest BCUT2D eigenvalue weighted by Gasteiger charge is 2.26. The maximum absolute atomic E-state index is 12.8. The smallest absolute Gasteiger partial charge is 0.246 e. The fourth-order valence-electron chi connectivity index (χ4n) is 2.07. The van der Waals surface area contributed by atoms with Gasteiger partial charge >= 0.3 is 0 Å². The van der Waals surface area contributed by atoms with E-state index >= 15 is 0 Å². The van der Waals surface area contributed by atoms with Gasteiger partial charge in [0.2, 0.25) is 10.0 Å². The van der Waals surface area contributed by atoms with Crippen LogP contribution in [0.25, 0.3) is 0 Å². The van der Waals surface area contributed by atoms with Crippen LogP contribution in [0.4, 0.5) is 0 Å². The first kappa shape index (κ1) is 15.0. The predicted octanol–water partition coefficient (Wildman–Crippen LogP) is 2.47. The summed E-state index contributed by atoms with van der Waals surface area (Å²) in [6.07, 6.45) is 5.97. The largest absolute Gasteiger partial charge is 0.472 e. The lowest BCUT2D eigenvalue weighted by Gasteiger charge is -2.20. The molecule has 0 saturated carbocycles. The van der Waals surface area contributed by atoms with Crippen LogP contribution in [0, 0.1) is 0 Å². The van der Waals surface area contributed by atoms with E-state index in [1.165, 1.54) is 39.0 Å². The Hall–Kier alpha value is -1.90. The molecule has 116 valence electrons. The first-order chi connectivity index (χ1) is 10.6. The average Bonchev–Trinajstić information content (AvgIpc) is 3.19. The van der Waals surface area contributed by atoms with Crippen LogP contribution in [0.1, 0.15) is 10.4 Å². The highest BCUT2D eigenvalue weighted by molar-refractivity contribution is 7.89. The van der Waals surface area contributed by atoms with Gasteiger partial charge in [-0.25, -0.2) is 8.42 Å². The lowest BCUT2D eigenvalue weighted by molar-refractivity contribution is 0.402. The topological polar surface area (TPSA) is 68.3 Å². The van der Waals surface area contributed by atoms with Crippen molar-refractivity contribution in [1.82, 2.24) is 14.1 Å². The molecule has 0 atom stereocenters. The minimum atomic E-state index is -3.62. The minimum Gasteiger partial charge on any atom is -0.472 e. The van der Waals surface area contributed by atoms with E-state index in [2.05, 4.69) is 5.10 Å². The quantitative estimate of drug-likeness (QED) is 0.693. The van der Waals surface area contributed by atoms with Crippen LogP contribution in [-0.4, -0.2) is 22.5 Å². The molecule has 0 saturated heterocycles. The van der Waals surface area contributed by atoms with Crippen molar-refractivity contribution in [3.63, 3.8) is 0 Å². The molecule has 22 heavy (non-hydrogen) atoms. The van der Waals surface area contributed by atoms with Gasteiger partial charge in [-0.3, -0.25) is 4.68 Å². The zero-order valence-corrected chi connectivity index (χ0v) is 13.5. The summed E-state index contributed by atoms with van der Waals surface area (Å²) in [5.41, 5.74) is 0.809.